The van der Waals surface area contributed by atoms with Crippen LogP contribution in [0.25, 0.3) is 0 Å². The van der Waals surface area contributed by atoms with Crippen LogP contribution in [0.15, 0.2) is 12.1 Å². The van der Waals surface area contributed by atoms with E-state index < -0.39 is 44.4 Å². The second-order valence-corrected chi connectivity index (χ2v) is 5.97. The summed E-state index contributed by atoms with van der Waals surface area (Å²) < 4.78 is 49.9. The van der Waals surface area contributed by atoms with Crippen molar-refractivity contribution in [3.05, 3.63) is 37.9 Å². The fraction of sp³-hybridized carbons (Fsp3) is 0.571. The Morgan fingerprint density at radius 1 is 1.00 bits per heavy atom. The molecule has 2 fully saturated rings. The highest BCUT2D eigenvalue weighted by atomic mass is 19.4. The first kappa shape index (κ1) is 18.3. The third kappa shape index (κ3) is 3.29. The molecule has 0 saturated carbocycles. The predicted octanol–water partition coefficient (Wildman–Crippen LogP) is 2.87. The molecule has 0 N–H and O–H groups in total. The van der Waals surface area contributed by atoms with Crippen LogP contribution in [0.4, 0.5) is 30.2 Å². The maximum Gasteiger partial charge on any atom is 0.416 e. The van der Waals surface area contributed by atoms with Crippen molar-refractivity contribution in [2.24, 2.45) is 0 Å². The molecule has 2 heterocycles. The molecular weight excluding hydrogens is 363 g/mol. The molecule has 2 aliphatic heterocycles. The molecule has 1 aromatic rings. The summed E-state index contributed by atoms with van der Waals surface area (Å²) in [5.41, 5.74) is -3.76. The van der Waals surface area contributed by atoms with Gasteiger partial charge in [-0.3, -0.25) is 20.2 Å². The minimum Gasteiger partial charge on any atom is -0.360 e. The molecule has 1 aromatic carbocycles. The van der Waals surface area contributed by atoms with Gasteiger partial charge in [0.2, 0.25) is 0 Å². The molecule has 0 radical (unpaired) electrons. The van der Waals surface area contributed by atoms with Gasteiger partial charge in [0, 0.05) is 38.1 Å². The average molecular weight is 377 g/mol. The first-order valence-corrected chi connectivity index (χ1v) is 7.70. The molecule has 2 saturated heterocycles. The van der Waals surface area contributed by atoms with Crippen molar-refractivity contribution in [1.29, 1.82) is 0 Å². The number of ether oxygens (including phenoxy) is 2. The first-order chi connectivity index (χ1) is 12.1. The summed E-state index contributed by atoms with van der Waals surface area (Å²) in [6.07, 6.45) is -4.35. The number of halogens is 3. The van der Waals surface area contributed by atoms with Gasteiger partial charge in [0.05, 0.1) is 28.6 Å². The zero-order valence-corrected chi connectivity index (χ0v) is 13.3. The number of anilines is 1. The molecule has 0 amide bonds. The standard InChI is InChI=1S/C14H14F3N3O6/c15-14(16,17)9-7-10(19(21)22)12(11(8-9)20(23)24)18-3-1-13(2-4-18)25-5-6-26-13/h7-8H,1-6H2. The lowest BCUT2D eigenvalue weighted by atomic mass is 10.0. The van der Waals surface area contributed by atoms with E-state index >= 15 is 0 Å². The summed E-state index contributed by atoms with van der Waals surface area (Å²) in [6, 6.07) is 0.657. The minimum absolute atomic E-state index is 0.118. The molecule has 3 rings (SSSR count). The van der Waals surface area contributed by atoms with Crippen molar-refractivity contribution in [3.63, 3.8) is 0 Å². The highest BCUT2D eigenvalue weighted by Gasteiger charge is 2.44. The van der Waals surface area contributed by atoms with E-state index in [-0.39, 0.29) is 13.1 Å². The van der Waals surface area contributed by atoms with Gasteiger partial charge >= 0.3 is 6.18 Å². The molecule has 0 aliphatic carbocycles. The summed E-state index contributed by atoms with van der Waals surface area (Å²) in [5.74, 6) is -0.827. The van der Waals surface area contributed by atoms with Gasteiger partial charge < -0.3 is 14.4 Å². The van der Waals surface area contributed by atoms with Crippen molar-refractivity contribution in [3.8, 4) is 0 Å². The number of hydrogen-bond acceptors (Lipinski definition) is 7. The fourth-order valence-electron chi connectivity index (χ4n) is 3.23. The molecule has 0 atom stereocenters. The van der Waals surface area contributed by atoms with Gasteiger partial charge in [-0.2, -0.15) is 13.2 Å². The number of benzene rings is 1. The number of hydrogen-bond donors (Lipinski definition) is 0. The minimum atomic E-state index is -4.94. The third-order valence-electron chi connectivity index (χ3n) is 4.45. The van der Waals surface area contributed by atoms with Crippen LogP contribution in [0.2, 0.25) is 0 Å². The Morgan fingerprint density at radius 3 is 1.85 bits per heavy atom. The summed E-state index contributed by atoms with van der Waals surface area (Å²) in [7, 11) is 0. The van der Waals surface area contributed by atoms with E-state index in [0.717, 1.165) is 0 Å². The Bertz CT molecular complexity index is 703. The van der Waals surface area contributed by atoms with Crippen molar-refractivity contribution in [2.45, 2.75) is 24.8 Å². The summed E-state index contributed by atoms with van der Waals surface area (Å²) in [5, 5.41) is 22.6. The highest BCUT2D eigenvalue weighted by Crippen LogP contribution is 2.45. The third-order valence-corrected chi connectivity index (χ3v) is 4.45. The topological polar surface area (TPSA) is 108 Å². The number of nitrogens with zero attached hydrogens (tertiary/aromatic N) is 3. The summed E-state index contributed by atoms with van der Waals surface area (Å²) in [6.45, 7) is 1.04. The van der Waals surface area contributed by atoms with Gasteiger partial charge in [0.1, 0.15) is 0 Å². The first-order valence-electron chi connectivity index (χ1n) is 7.70. The molecule has 0 aromatic heterocycles. The largest absolute Gasteiger partial charge is 0.416 e. The smallest absolute Gasteiger partial charge is 0.360 e. The maximum atomic E-state index is 13.0. The van der Waals surface area contributed by atoms with E-state index in [1.165, 1.54) is 4.90 Å². The number of nitro benzene ring substituents is 2. The second kappa shape index (κ2) is 6.36. The van der Waals surface area contributed by atoms with Crippen LogP contribution in [0.5, 0.6) is 0 Å². The Hall–Kier alpha value is -2.47. The second-order valence-electron chi connectivity index (χ2n) is 5.97. The van der Waals surface area contributed by atoms with E-state index in [1.807, 2.05) is 0 Å². The van der Waals surface area contributed by atoms with Crippen molar-refractivity contribution in [2.75, 3.05) is 31.2 Å². The monoisotopic (exact) mass is 377 g/mol. The zero-order valence-electron chi connectivity index (χ0n) is 13.3. The van der Waals surface area contributed by atoms with Gasteiger partial charge in [-0.1, -0.05) is 0 Å². The van der Waals surface area contributed by atoms with Gasteiger partial charge in [-0.25, -0.2) is 0 Å². The molecule has 0 bridgehead atoms. The molecule has 1 spiro atoms. The van der Waals surface area contributed by atoms with Gasteiger partial charge in [-0.15, -0.1) is 0 Å². The number of nitro groups is 2. The number of rotatable bonds is 3. The lowest BCUT2D eigenvalue weighted by Gasteiger charge is -2.38. The van der Waals surface area contributed by atoms with E-state index in [2.05, 4.69) is 0 Å². The number of piperidine rings is 1. The zero-order chi connectivity index (χ0) is 19.1. The molecule has 142 valence electrons. The Labute approximate surface area is 144 Å². The number of alkyl halides is 3. The van der Waals surface area contributed by atoms with E-state index in [9.17, 15) is 33.4 Å². The maximum absolute atomic E-state index is 13.0. The van der Waals surface area contributed by atoms with E-state index in [4.69, 9.17) is 9.47 Å². The highest BCUT2D eigenvalue weighted by molar-refractivity contribution is 5.76. The molecule has 0 unspecified atom stereocenters. The van der Waals surface area contributed by atoms with Crippen LogP contribution < -0.4 is 4.90 Å². The van der Waals surface area contributed by atoms with Crippen molar-refractivity contribution < 1.29 is 32.5 Å². The van der Waals surface area contributed by atoms with E-state index in [0.29, 0.717) is 38.2 Å². The summed E-state index contributed by atoms with van der Waals surface area (Å²) >= 11 is 0. The summed E-state index contributed by atoms with van der Waals surface area (Å²) in [4.78, 5) is 21.9. The Morgan fingerprint density at radius 2 is 1.46 bits per heavy atom. The molecule has 12 heteroatoms. The molecular formula is C14H14F3N3O6. The molecule has 2 aliphatic rings. The van der Waals surface area contributed by atoms with Crippen LogP contribution in [0.1, 0.15) is 18.4 Å². The van der Waals surface area contributed by atoms with Crippen LogP contribution in [-0.4, -0.2) is 41.9 Å². The van der Waals surface area contributed by atoms with Crippen LogP contribution >= 0.6 is 0 Å². The van der Waals surface area contributed by atoms with E-state index in [1.54, 1.807) is 0 Å². The molecule has 26 heavy (non-hydrogen) atoms. The van der Waals surface area contributed by atoms with Crippen molar-refractivity contribution >= 4 is 17.1 Å². The van der Waals surface area contributed by atoms with Gasteiger partial charge in [-0.05, 0) is 0 Å². The lowest BCUT2D eigenvalue weighted by Crippen LogP contribution is -2.45. The normalized spacial score (nSPS) is 19.7. The van der Waals surface area contributed by atoms with Crippen LogP contribution in [0, 0.1) is 20.2 Å². The fourth-order valence-corrected chi connectivity index (χ4v) is 3.23. The SMILES string of the molecule is O=[N+]([O-])c1cc(C(F)(F)F)cc([N+](=O)[O-])c1N1CCC2(CC1)OCCO2. The van der Waals surface area contributed by atoms with Gasteiger partial charge in [0.15, 0.2) is 11.5 Å². The average Bonchev–Trinajstić information content (AvgIpc) is 3.01. The van der Waals surface area contributed by atoms with Gasteiger partial charge in [0.25, 0.3) is 11.4 Å². The Balaban J connectivity index is 2.02. The van der Waals surface area contributed by atoms with Crippen LogP contribution in [0.3, 0.4) is 0 Å². The van der Waals surface area contributed by atoms with Crippen molar-refractivity contribution in [1.82, 2.24) is 0 Å². The molecule has 9 nitrogen and oxygen atoms in total. The Kier molecular flexibility index (Phi) is 4.48. The van der Waals surface area contributed by atoms with Crippen LogP contribution in [-0.2, 0) is 15.7 Å². The lowest BCUT2D eigenvalue weighted by molar-refractivity contribution is -0.393. The predicted molar refractivity (Wildman–Crippen MR) is 80.8 cm³/mol. The quantitative estimate of drug-likeness (QED) is 0.589.